The number of fused-ring (bicyclic) bond motifs is 1. The number of ether oxygens (including phenoxy) is 1. The summed E-state index contributed by atoms with van der Waals surface area (Å²) in [5, 5.41) is 3.02. The number of nitrogens with one attached hydrogen (secondary N) is 1. The molecule has 3 heterocycles. The van der Waals surface area contributed by atoms with Crippen molar-refractivity contribution >= 4 is 41.0 Å². The number of nitrogens with zero attached hydrogens (tertiary/aromatic N) is 3. The highest BCUT2D eigenvalue weighted by Crippen LogP contribution is 2.33. The fourth-order valence-corrected chi connectivity index (χ4v) is 4.89. The van der Waals surface area contributed by atoms with E-state index in [0.29, 0.717) is 37.0 Å². The Morgan fingerprint density at radius 2 is 2.00 bits per heavy atom. The molecule has 3 amide bonds. The molecule has 35 heavy (non-hydrogen) atoms. The maximum atomic E-state index is 12.6. The van der Waals surface area contributed by atoms with E-state index in [-0.39, 0.29) is 25.0 Å². The molecule has 0 saturated carbocycles. The zero-order valence-corrected chi connectivity index (χ0v) is 20.6. The van der Waals surface area contributed by atoms with Gasteiger partial charge in [0.1, 0.15) is 18.5 Å². The van der Waals surface area contributed by atoms with Gasteiger partial charge >= 0.3 is 6.09 Å². The summed E-state index contributed by atoms with van der Waals surface area (Å²) in [4.78, 5) is 45.1. The van der Waals surface area contributed by atoms with Crippen LogP contribution in [0.4, 0.5) is 16.3 Å². The zero-order chi connectivity index (χ0) is 25.1. The topological polar surface area (TPSA) is 118 Å². The second kappa shape index (κ2) is 10.5. The first-order valence-electron chi connectivity index (χ1n) is 11.8. The van der Waals surface area contributed by atoms with Gasteiger partial charge in [-0.2, -0.15) is 0 Å². The van der Waals surface area contributed by atoms with Gasteiger partial charge in [0.2, 0.25) is 5.91 Å². The zero-order valence-electron chi connectivity index (χ0n) is 19.9. The van der Waals surface area contributed by atoms with Crippen molar-refractivity contribution in [2.24, 2.45) is 11.7 Å². The number of hydrogen-bond acceptors (Lipinski definition) is 6. The Balaban J connectivity index is 0.00000361. The minimum atomic E-state index is -0.758. The Bertz CT molecular complexity index is 1120. The fraction of sp³-hybridized carbons (Fsp3) is 0.440. The van der Waals surface area contributed by atoms with Crippen LogP contribution in [-0.4, -0.2) is 48.1 Å². The number of halogens is 1. The molecular weight excluding hydrogens is 470 g/mol. The van der Waals surface area contributed by atoms with Gasteiger partial charge in [0.25, 0.3) is 5.91 Å². The van der Waals surface area contributed by atoms with Crippen LogP contribution in [0.2, 0.25) is 5.02 Å². The largest absolute Gasteiger partial charge is 0.444 e. The van der Waals surface area contributed by atoms with Crippen molar-refractivity contribution < 1.29 is 20.5 Å². The lowest BCUT2D eigenvalue weighted by Gasteiger charge is -2.40. The lowest BCUT2D eigenvalue weighted by Crippen LogP contribution is -2.49. The van der Waals surface area contributed by atoms with Gasteiger partial charge in [-0.15, -0.1) is 0 Å². The van der Waals surface area contributed by atoms with Gasteiger partial charge in [-0.25, -0.2) is 9.78 Å². The number of para-hydroxylation sites is 1. The third-order valence-electron chi connectivity index (χ3n) is 6.37. The van der Waals surface area contributed by atoms with Gasteiger partial charge in [0.05, 0.1) is 16.3 Å². The van der Waals surface area contributed by atoms with Crippen LogP contribution in [-0.2, 0) is 16.1 Å². The van der Waals surface area contributed by atoms with E-state index in [4.69, 9.17) is 22.1 Å². The third kappa shape index (κ3) is 5.51. The van der Waals surface area contributed by atoms with Crippen LogP contribution >= 0.6 is 11.6 Å². The maximum absolute atomic E-state index is 12.6. The molecule has 0 radical (unpaired) electrons. The molecule has 0 unspecified atom stereocenters. The molecule has 2 aliphatic rings. The number of rotatable bonds is 7. The highest BCUT2D eigenvalue weighted by Gasteiger charge is 2.34. The smallest absolute Gasteiger partial charge is 0.414 e. The third-order valence-corrected chi connectivity index (χ3v) is 6.65. The lowest BCUT2D eigenvalue weighted by atomic mass is 10.0. The second-order valence-corrected chi connectivity index (χ2v) is 9.77. The summed E-state index contributed by atoms with van der Waals surface area (Å²) in [7, 11) is 0. The summed E-state index contributed by atoms with van der Waals surface area (Å²) in [6.07, 6.45) is 3.03. The molecule has 9 nitrogen and oxygen atoms in total. The van der Waals surface area contributed by atoms with Crippen molar-refractivity contribution in [3.8, 4) is 0 Å². The molecule has 2 aliphatic heterocycles. The molecule has 1 aromatic carbocycles. The Kier molecular flexibility index (Phi) is 7.45. The molecule has 1 aromatic heterocycles. The quantitative estimate of drug-likeness (QED) is 0.596. The van der Waals surface area contributed by atoms with Gasteiger partial charge < -0.3 is 20.7 Å². The van der Waals surface area contributed by atoms with Gasteiger partial charge in [-0.3, -0.25) is 14.5 Å². The van der Waals surface area contributed by atoms with Crippen molar-refractivity contribution in [3.63, 3.8) is 0 Å². The Morgan fingerprint density at radius 1 is 1.29 bits per heavy atom. The van der Waals surface area contributed by atoms with Gasteiger partial charge in [0.15, 0.2) is 0 Å². The van der Waals surface area contributed by atoms with Crippen molar-refractivity contribution in [2.45, 2.75) is 51.8 Å². The van der Waals surface area contributed by atoms with Crippen LogP contribution in [0, 0.1) is 5.92 Å². The number of benzene rings is 1. The number of primary amides is 1. The average Bonchev–Trinajstić information content (AvgIpc) is 2.83. The molecule has 1 saturated heterocycles. The summed E-state index contributed by atoms with van der Waals surface area (Å²) in [5.41, 5.74) is 7.59. The van der Waals surface area contributed by atoms with Crippen molar-refractivity contribution in [2.75, 3.05) is 22.9 Å². The molecule has 0 aliphatic carbocycles. The first-order chi connectivity index (χ1) is 16.7. The van der Waals surface area contributed by atoms with Gasteiger partial charge in [0, 0.05) is 32.3 Å². The van der Waals surface area contributed by atoms with E-state index in [2.05, 4.69) is 10.3 Å². The lowest BCUT2D eigenvalue weighted by molar-refractivity contribution is -0.120. The molecule has 1 atom stereocenters. The minimum absolute atomic E-state index is 0. The standard InChI is InChI=1S/C25H30ClN5O4.H2/c1-15(2)11-20(22(27)32)29-24(33)17-12-19(26)23(28-13-17)30-9-7-18(8-10-30)31-21-6-4-3-5-16(21)14-35-25(31)34;/h3-6,12-13,15,18,20H,7-11,14H2,1-2H3,(H2,27,32)(H,29,33);1H/t20-;/m1./s1. The molecule has 0 spiro atoms. The molecule has 10 heteroatoms. The van der Waals surface area contributed by atoms with Crippen molar-refractivity contribution in [1.29, 1.82) is 0 Å². The fourth-order valence-electron chi connectivity index (χ4n) is 4.60. The summed E-state index contributed by atoms with van der Waals surface area (Å²) in [5.74, 6) is -0.251. The Labute approximate surface area is 211 Å². The van der Waals surface area contributed by atoms with E-state index in [1.54, 1.807) is 11.0 Å². The van der Waals surface area contributed by atoms with Crippen molar-refractivity contribution in [3.05, 3.63) is 52.7 Å². The summed E-state index contributed by atoms with van der Waals surface area (Å²) in [6.45, 7) is 5.48. The molecule has 2 aromatic rings. The number of carbonyl (C=O) groups excluding carboxylic acids is 3. The van der Waals surface area contributed by atoms with Crippen LogP contribution in [0.25, 0.3) is 0 Å². The molecule has 0 bridgehead atoms. The van der Waals surface area contributed by atoms with E-state index in [1.165, 1.54) is 6.20 Å². The summed E-state index contributed by atoms with van der Waals surface area (Å²) < 4.78 is 5.37. The van der Waals surface area contributed by atoms with E-state index in [1.807, 2.05) is 43.0 Å². The predicted molar refractivity (Wildman–Crippen MR) is 136 cm³/mol. The highest BCUT2D eigenvalue weighted by atomic mass is 35.5. The monoisotopic (exact) mass is 501 g/mol. The van der Waals surface area contributed by atoms with E-state index in [0.717, 1.165) is 24.1 Å². The number of amides is 3. The second-order valence-electron chi connectivity index (χ2n) is 9.36. The minimum Gasteiger partial charge on any atom is -0.444 e. The first kappa shape index (κ1) is 24.8. The van der Waals surface area contributed by atoms with Gasteiger partial charge in [-0.1, -0.05) is 43.6 Å². The van der Waals surface area contributed by atoms with E-state index in [9.17, 15) is 14.4 Å². The van der Waals surface area contributed by atoms with Crippen LogP contribution < -0.4 is 20.9 Å². The van der Waals surface area contributed by atoms with Crippen LogP contribution in [0.3, 0.4) is 0 Å². The normalized spacial score (nSPS) is 17.1. The first-order valence-corrected chi connectivity index (χ1v) is 12.2. The summed E-state index contributed by atoms with van der Waals surface area (Å²) in [6, 6.07) is 8.59. The van der Waals surface area contributed by atoms with Crippen LogP contribution in [0.1, 0.15) is 50.5 Å². The number of carbonyl (C=O) groups is 3. The molecule has 188 valence electrons. The molecular formula is C25H32ClN5O4. The molecule has 3 N–H and O–H groups in total. The number of piperidine rings is 1. The van der Waals surface area contributed by atoms with Crippen molar-refractivity contribution in [1.82, 2.24) is 10.3 Å². The number of cyclic esters (lactones) is 1. The molecule has 4 rings (SSSR count). The maximum Gasteiger partial charge on any atom is 0.414 e. The van der Waals surface area contributed by atoms with E-state index < -0.39 is 17.9 Å². The van der Waals surface area contributed by atoms with Crippen LogP contribution in [0.15, 0.2) is 36.5 Å². The van der Waals surface area contributed by atoms with Crippen LogP contribution in [0.5, 0.6) is 0 Å². The van der Waals surface area contributed by atoms with E-state index >= 15 is 0 Å². The Hall–Kier alpha value is -3.33. The SMILES string of the molecule is CC(C)C[C@@H](NC(=O)c1cnc(N2CCC(N3C(=O)OCc4ccccc43)CC2)c(Cl)c1)C(N)=O.[HH]. The van der Waals surface area contributed by atoms with Gasteiger partial charge in [-0.05, 0) is 37.3 Å². The number of aromatic nitrogens is 1. The number of pyridine rings is 1. The Morgan fingerprint density at radius 3 is 2.66 bits per heavy atom. The number of nitrogens with two attached hydrogens (primary N) is 1. The number of hydrogen-bond donors (Lipinski definition) is 2. The average molecular weight is 502 g/mol. The molecule has 1 fully saturated rings. The number of anilines is 2. The summed E-state index contributed by atoms with van der Waals surface area (Å²) >= 11 is 6.51. The highest BCUT2D eigenvalue weighted by molar-refractivity contribution is 6.33. The predicted octanol–water partition coefficient (Wildman–Crippen LogP) is 3.74.